The van der Waals surface area contributed by atoms with E-state index in [0.29, 0.717) is 17.3 Å². The van der Waals surface area contributed by atoms with Crippen molar-refractivity contribution < 1.29 is 9.18 Å². The first kappa shape index (κ1) is 21.1. The minimum atomic E-state index is -0.223. The summed E-state index contributed by atoms with van der Waals surface area (Å²) in [5, 5.41) is 3.70. The maximum atomic E-state index is 13.8. The number of halogens is 2. The Hall–Kier alpha value is -2.79. The highest BCUT2D eigenvalue weighted by Crippen LogP contribution is 2.39. The van der Waals surface area contributed by atoms with Crippen molar-refractivity contribution in [3.8, 4) is 11.3 Å². The van der Waals surface area contributed by atoms with Crippen LogP contribution in [0, 0.1) is 5.82 Å². The molecule has 0 radical (unpaired) electrons. The number of rotatable bonds is 4. The lowest BCUT2D eigenvalue weighted by atomic mass is 9.85. The zero-order chi connectivity index (χ0) is 22.1. The summed E-state index contributed by atoms with van der Waals surface area (Å²) in [5.74, 6) is 0.522. The molecule has 1 amide bonds. The number of aromatic nitrogens is 2. The molecule has 2 aromatic carbocycles. The van der Waals surface area contributed by atoms with Gasteiger partial charge in [0.15, 0.2) is 5.82 Å². The van der Waals surface area contributed by atoms with Crippen molar-refractivity contribution in [3.63, 3.8) is 0 Å². The SMILES string of the molecule is O=C(Cc1ccc(Cl)cc1)Nc1nc2c(nc1C1CCCCC1)-c1ccc(F)cc1CC2. The fourth-order valence-electron chi connectivity index (χ4n) is 4.84. The van der Waals surface area contributed by atoms with Gasteiger partial charge in [0.25, 0.3) is 0 Å². The van der Waals surface area contributed by atoms with Crippen LogP contribution in [0.25, 0.3) is 11.3 Å². The number of aryl methyl sites for hydroxylation is 2. The van der Waals surface area contributed by atoms with E-state index in [2.05, 4.69) is 5.32 Å². The third kappa shape index (κ3) is 4.40. The van der Waals surface area contributed by atoms with Crippen LogP contribution in [0.4, 0.5) is 10.2 Å². The molecule has 1 N–H and O–H groups in total. The number of carbonyl (C=O) groups excluding carboxylic acids is 1. The van der Waals surface area contributed by atoms with E-state index in [1.807, 2.05) is 12.1 Å². The summed E-state index contributed by atoms with van der Waals surface area (Å²) in [6, 6.07) is 12.2. The van der Waals surface area contributed by atoms with Gasteiger partial charge < -0.3 is 5.32 Å². The molecule has 4 nitrogen and oxygen atoms in total. The minimum absolute atomic E-state index is 0.114. The summed E-state index contributed by atoms with van der Waals surface area (Å²) in [6.45, 7) is 0. The van der Waals surface area contributed by atoms with Gasteiger partial charge in [-0.1, -0.05) is 43.0 Å². The first-order valence-electron chi connectivity index (χ1n) is 11.3. The summed E-state index contributed by atoms with van der Waals surface area (Å²) in [7, 11) is 0. The number of carbonyl (C=O) groups is 1. The molecule has 3 aromatic rings. The summed E-state index contributed by atoms with van der Waals surface area (Å²) >= 11 is 5.96. The largest absolute Gasteiger partial charge is 0.309 e. The molecule has 1 saturated carbocycles. The van der Waals surface area contributed by atoms with Crippen molar-refractivity contribution in [1.82, 2.24) is 9.97 Å². The van der Waals surface area contributed by atoms with E-state index in [1.165, 1.54) is 12.5 Å². The van der Waals surface area contributed by atoms with Gasteiger partial charge in [-0.15, -0.1) is 0 Å². The van der Waals surface area contributed by atoms with E-state index in [9.17, 15) is 9.18 Å². The predicted molar refractivity (Wildman–Crippen MR) is 124 cm³/mol. The highest BCUT2D eigenvalue weighted by Gasteiger charge is 2.27. The average molecular weight is 450 g/mol. The smallest absolute Gasteiger partial charge is 0.229 e. The monoisotopic (exact) mass is 449 g/mol. The first-order chi connectivity index (χ1) is 15.6. The Balaban J connectivity index is 1.49. The van der Waals surface area contributed by atoms with Gasteiger partial charge in [-0.3, -0.25) is 4.79 Å². The number of hydrogen-bond donors (Lipinski definition) is 1. The number of nitrogens with one attached hydrogen (secondary N) is 1. The maximum absolute atomic E-state index is 13.8. The lowest BCUT2D eigenvalue weighted by Crippen LogP contribution is -2.21. The summed E-state index contributed by atoms with van der Waals surface area (Å²) < 4.78 is 13.8. The van der Waals surface area contributed by atoms with Crippen LogP contribution in [0.15, 0.2) is 42.5 Å². The standard InChI is InChI=1S/C26H25ClFN3O/c27-19-9-6-16(7-10-19)14-23(32)30-26-24(17-4-2-1-3-5-17)31-25-21-12-11-20(28)15-18(21)8-13-22(25)29-26/h6-7,9-12,15,17H,1-5,8,13-14H2,(H,29,30,32). The van der Waals surface area contributed by atoms with E-state index >= 15 is 0 Å². The number of anilines is 1. The van der Waals surface area contributed by atoms with Crippen molar-refractivity contribution >= 4 is 23.3 Å². The summed E-state index contributed by atoms with van der Waals surface area (Å²) in [4.78, 5) is 22.8. The molecule has 1 aromatic heterocycles. The van der Waals surface area contributed by atoms with Crippen LogP contribution in [-0.2, 0) is 24.1 Å². The zero-order valence-corrected chi connectivity index (χ0v) is 18.6. The van der Waals surface area contributed by atoms with E-state index in [4.69, 9.17) is 21.6 Å². The van der Waals surface area contributed by atoms with Crippen LogP contribution in [0.2, 0.25) is 5.02 Å². The Morgan fingerprint density at radius 1 is 1.03 bits per heavy atom. The molecule has 0 unspecified atom stereocenters. The van der Waals surface area contributed by atoms with E-state index < -0.39 is 0 Å². The van der Waals surface area contributed by atoms with Crippen molar-refractivity contribution in [1.29, 1.82) is 0 Å². The van der Waals surface area contributed by atoms with Gasteiger partial charge in [-0.2, -0.15) is 0 Å². The molecule has 6 heteroatoms. The average Bonchev–Trinajstić information content (AvgIpc) is 2.80. The number of amides is 1. The molecule has 164 valence electrons. The van der Waals surface area contributed by atoms with Crippen LogP contribution >= 0.6 is 11.6 Å². The predicted octanol–water partition coefficient (Wildman–Crippen LogP) is 6.26. The van der Waals surface area contributed by atoms with Gasteiger partial charge in [0.1, 0.15) is 5.82 Å². The van der Waals surface area contributed by atoms with Crippen molar-refractivity contribution in [2.24, 2.45) is 0 Å². The van der Waals surface area contributed by atoms with Crippen LogP contribution in [0.5, 0.6) is 0 Å². The second-order valence-electron chi connectivity index (χ2n) is 8.74. The number of fused-ring (bicyclic) bond motifs is 3. The number of hydrogen-bond acceptors (Lipinski definition) is 3. The number of nitrogens with zero attached hydrogens (tertiary/aromatic N) is 2. The second-order valence-corrected chi connectivity index (χ2v) is 9.18. The molecule has 0 atom stereocenters. The topological polar surface area (TPSA) is 54.9 Å². The Bertz CT molecular complexity index is 1160. The maximum Gasteiger partial charge on any atom is 0.229 e. The van der Waals surface area contributed by atoms with Crippen LogP contribution < -0.4 is 5.32 Å². The van der Waals surface area contributed by atoms with Gasteiger partial charge in [0, 0.05) is 16.5 Å². The molecule has 2 aliphatic rings. The van der Waals surface area contributed by atoms with Crippen molar-refractivity contribution in [2.45, 2.75) is 57.3 Å². The van der Waals surface area contributed by atoms with Gasteiger partial charge >= 0.3 is 0 Å². The van der Waals surface area contributed by atoms with E-state index in [1.54, 1.807) is 24.3 Å². The third-order valence-electron chi connectivity index (χ3n) is 6.48. The van der Waals surface area contributed by atoms with Gasteiger partial charge in [0.2, 0.25) is 5.91 Å². The molecular weight excluding hydrogens is 425 g/mol. The molecular formula is C26H25ClFN3O. The molecule has 5 rings (SSSR count). The molecule has 0 spiro atoms. The zero-order valence-electron chi connectivity index (χ0n) is 17.8. The van der Waals surface area contributed by atoms with E-state index in [0.717, 1.165) is 65.9 Å². The molecule has 2 aliphatic carbocycles. The Morgan fingerprint density at radius 2 is 1.81 bits per heavy atom. The van der Waals surface area contributed by atoms with Gasteiger partial charge in [-0.25, -0.2) is 14.4 Å². The molecule has 0 saturated heterocycles. The highest BCUT2D eigenvalue weighted by molar-refractivity contribution is 6.30. The van der Waals surface area contributed by atoms with Crippen molar-refractivity contribution in [2.75, 3.05) is 5.32 Å². The van der Waals surface area contributed by atoms with E-state index in [-0.39, 0.29) is 24.1 Å². The van der Waals surface area contributed by atoms with Gasteiger partial charge in [-0.05, 0) is 67.1 Å². The first-order valence-corrected chi connectivity index (χ1v) is 11.7. The fraction of sp³-hybridized carbons (Fsp3) is 0.346. The Labute approximate surface area is 192 Å². The Morgan fingerprint density at radius 3 is 2.59 bits per heavy atom. The lowest BCUT2D eigenvalue weighted by molar-refractivity contribution is -0.115. The normalized spacial score (nSPS) is 15.7. The second kappa shape index (κ2) is 8.99. The molecule has 1 fully saturated rings. The molecule has 0 aliphatic heterocycles. The Kier molecular flexibility index (Phi) is 5.92. The molecule has 0 bridgehead atoms. The molecule has 32 heavy (non-hydrogen) atoms. The third-order valence-corrected chi connectivity index (χ3v) is 6.73. The highest BCUT2D eigenvalue weighted by atomic mass is 35.5. The summed E-state index contributed by atoms with van der Waals surface area (Å²) in [6.07, 6.45) is 7.29. The summed E-state index contributed by atoms with van der Waals surface area (Å²) in [5.41, 5.74) is 5.39. The lowest BCUT2D eigenvalue weighted by Gasteiger charge is -2.26. The minimum Gasteiger partial charge on any atom is -0.309 e. The van der Waals surface area contributed by atoms with Crippen molar-refractivity contribution in [3.05, 3.63) is 75.8 Å². The van der Waals surface area contributed by atoms with Crippen LogP contribution in [0.1, 0.15) is 60.5 Å². The number of benzene rings is 2. The quantitative estimate of drug-likeness (QED) is 0.511. The molecule has 1 heterocycles. The van der Waals surface area contributed by atoms with Crippen LogP contribution in [-0.4, -0.2) is 15.9 Å². The van der Waals surface area contributed by atoms with Crippen LogP contribution in [0.3, 0.4) is 0 Å². The van der Waals surface area contributed by atoms with Gasteiger partial charge in [0.05, 0.1) is 23.5 Å². The fourth-order valence-corrected chi connectivity index (χ4v) is 4.97.